The highest BCUT2D eigenvalue weighted by Crippen LogP contribution is 2.18. The molecule has 0 N–H and O–H groups in total. The van der Waals surface area contributed by atoms with Gasteiger partial charge in [0.25, 0.3) is 0 Å². The second-order valence-electron chi connectivity index (χ2n) is 22.7. The van der Waals surface area contributed by atoms with Gasteiger partial charge in [0.1, 0.15) is 13.2 Å². The Kier molecular flexibility index (Phi) is 64.2. The summed E-state index contributed by atoms with van der Waals surface area (Å²) in [6, 6.07) is 0. The van der Waals surface area contributed by atoms with Gasteiger partial charge in [-0.15, -0.1) is 0 Å². The molecule has 0 aromatic heterocycles. The van der Waals surface area contributed by atoms with Gasteiger partial charge in [0.2, 0.25) is 0 Å². The molecule has 0 heterocycles. The second-order valence-corrected chi connectivity index (χ2v) is 22.7. The minimum absolute atomic E-state index is 0.0803. The standard InChI is InChI=1S/C73H128O6/c1-4-7-10-13-16-19-22-24-26-28-30-32-34-35-36-37-39-40-42-44-46-48-51-54-57-60-63-66-72(75)78-69-70(68-77-71(74)65-62-59-56-53-50-21-18-15-12-9-6-3)79-73(76)67-64-61-58-55-52-49-47-45-43-41-38-33-31-29-27-25-23-20-17-14-11-8-5-2/h7,10,15-16,18-19,24,26,30,32,35-36,39-40,70H,4-6,8-9,11-14,17,20-23,25,27-29,31,33-34,37-38,41-69H2,1-3H3/b10-7-,18-15-,19-16-,26-24-,32-30-,36-35-,40-39-. The van der Waals surface area contributed by atoms with E-state index in [1.165, 1.54) is 193 Å². The zero-order valence-corrected chi connectivity index (χ0v) is 52.4. The molecule has 0 fully saturated rings. The van der Waals surface area contributed by atoms with Gasteiger partial charge < -0.3 is 14.2 Å². The highest BCUT2D eigenvalue weighted by molar-refractivity contribution is 5.71. The molecule has 0 spiro atoms. The fraction of sp³-hybridized carbons (Fsp3) is 0.767. The molecule has 456 valence electrons. The smallest absolute Gasteiger partial charge is 0.306 e. The summed E-state index contributed by atoms with van der Waals surface area (Å²) in [5, 5.41) is 0. The van der Waals surface area contributed by atoms with Crippen LogP contribution < -0.4 is 0 Å². The zero-order chi connectivity index (χ0) is 57.1. The van der Waals surface area contributed by atoms with Crippen LogP contribution in [-0.4, -0.2) is 37.2 Å². The predicted octanol–water partition coefficient (Wildman–Crippen LogP) is 23.4. The summed E-state index contributed by atoms with van der Waals surface area (Å²) in [6.07, 6.45) is 88.9. The van der Waals surface area contributed by atoms with Gasteiger partial charge >= 0.3 is 17.9 Å². The molecule has 0 bridgehead atoms. The Morgan fingerprint density at radius 1 is 0.266 bits per heavy atom. The molecule has 0 saturated heterocycles. The second kappa shape index (κ2) is 67.1. The van der Waals surface area contributed by atoms with Crippen LogP contribution in [0.2, 0.25) is 0 Å². The van der Waals surface area contributed by atoms with Crippen LogP contribution in [-0.2, 0) is 28.6 Å². The fourth-order valence-electron chi connectivity index (χ4n) is 9.78. The number of ether oxygens (including phenoxy) is 3. The van der Waals surface area contributed by atoms with Gasteiger partial charge in [-0.05, 0) is 89.9 Å². The number of allylic oxidation sites excluding steroid dienone is 14. The van der Waals surface area contributed by atoms with Crippen LogP contribution in [0.15, 0.2) is 85.1 Å². The third-order valence-corrected chi connectivity index (χ3v) is 14.9. The lowest BCUT2D eigenvalue weighted by atomic mass is 10.0. The molecule has 1 atom stereocenters. The quantitative estimate of drug-likeness (QED) is 0.0261. The van der Waals surface area contributed by atoms with Gasteiger partial charge in [-0.2, -0.15) is 0 Å². The van der Waals surface area contributed by atoms with Gasteiger partial charge in [-0.3, -0.25) is 14.4 Å². The van der Waals surface area contributed by atoms with Gasteiger partial charge in [0, 0.05) is 19.3 Å². The molecule has 1 unspecified atom stereocenters. The van der Waals surface area contributed by atoms with E-state index in [9.17, 15) is 14.4 Å². The Labute approximate surface area is 490 Å². The monoisotopic (exact) mass is 1100 g/mol. The maximum absolute atomic E-state index is 12.9. The van der Waals surface area contributed by atoms with Crippen molar-refractivity contribution in [2.75, 3.05) is 13.2 Å². The zero-order valence-electron chi connectivity index (χ0n) is 52.4. The highest BCUT2D eigenvalue weighted by Gasteiger charge is 2.19. The number of unbranched alkanes of at least 4 members (excludes halogenated alkanes) is 37. The van der Waals surface area contributed by atoms with Crippen LogP contribution in [0.25, 0.3) is 0 Å². The van der Waals surface area contributed by atoms with Gasteiger partial charge in [0.15, 0.2) is 6.10 Å². The molecule has 0 saturated carbocycles. The molecule has 0 aliphatic carbocycles. The molecule has 0 aromatic rings. The van der Waals surface area contributed by atoms with E-state index in [4.69, 9.17) is 14.2 Å². The average molecular weight is 1100 g/mol. The van der Waals surface area contributed by atoms with Crippen LogP contribution in [0.4, 0.5) is 0 Å². The van der Waals surface area contributed by atoms with E-state index in [2.05, 4.69) is 106 Å². The Balaban J connectivity index is 4.25. The average Bonchev–Trinajstić information content (AvgIpc) is 3.45. The Hall–Kier alpha value is -3.41. The lowest BCUT2D eigenvalue weighted by molar-refractivity contribution is -0.167. The summed E-state index contributed by atoms with van der Waals surface area (Å²) >= 11 is 0. The molecule has 0 rings (SSSR count). The Morgan fingerprint density at radius 2 is 0.506 bits per heavy atom. The minimum atomic E-state index is -0.783. The molecule has 0 radical (unpaired) electrons. The van der Waals surface area contributed by atoms with Crippen molar-refractivity contribution in [1.29, 1.82) is 0 Å². The molecule has 0 aliphatic rings. The lowest BCUT2D eigenvalue weighted by Gasteiger charge is -2.18. The minimum Gasteiger partial charge on any atom is -0.462 e. The van der Waals surface area contributed by atoms with E-state index < -0.39 is 6.10 Å². The first-order valence-corrected chi connectivity index (χ1v) is 34.1. The molecule has 79 heavy (non-hydrogen) atoms. The molecule has 0 aromatic carbocycles. The number of rotatable bonds is 62. The van der Waals surface area contributed by atoms with Crippen molar-refractivity contribution in [1.82, 2.24) is 0 Å². The summed E-state index contributed by atoms with van der Waals surface area (Å²) in [4.78, 5) is 38.3. The largest absolute Gasteiger partial charge is 0.462 e. The van der Waals surface area contributed by atoms with E-state index >= 15 is 0 Å². The summed E-state index contributed by atoms with van der Waals surface area (Å²) < 4.78 is 16.9. The van der Waals surface area contributed by atoms with Crippen molar-refractivity contribution in [2.24, 2.45) is 0 Å². The number of carbonyl (C=O) groups excluding carboxylic acids is 3. The Morgan fingerprint density at radius 3 is 0.823 bits per heavy atom. The van der Waals surface area contributed by atoms with Crippen LogP contribution >= 0.6 is 0 Å². The van der Waals surface area contributed by atoms with Crippen molar-refractivity contribution < 1.29 is 28.6 Å². The van der Waals surface area contributed by atoms with Crippen LogP contribution in [0.3, 0.4) is 0 Å². The summed E-state index contributed by atoms with van der Waals surface area (Å²) in [7, 11) is 0. The molecular formula is C73H128O6. The van der Waals surface area contributed by atoms with Crippen LogP contribution in [0.1, 0.15) is 342 Å². The first-order valence-electron chi connectivity index (χ1n) is 34.1. The SMILES string of the molecule is CC/C=C\C/C=C\C/C=C\C/C=C\C/C=C\C/C=C\CCCCCCCCCCC(=O)OCC(COC(=O)CCCCCCC/C=C\CCCC)OC(=O)CCCCCCCCCCCCCCCCCCCCCCCCC. The van der Waals surface area contributed by atoms with E-state index in [1.54, 1.807) is 0 Å². The summed E-state index contributed by atoms with van der Waals surface area (Å²) in [5.41, 5.74) is 0. The number of hydrogen-bond donors (Lipinski definition) is 0. The van der Waals surface area contributed by atoms with Gasteiger partial charge in [-0.25, -0.2) is 0 Å². The van der Waals surface area contributed by atoms with Gasteiger partial charge in [0.05, 0.1) is 0 Å². The maximum Gasteiger partial charge on any atom is 0.306 e. The molecule has 0 amide bonds. The number of carbonyl (C=O) groups is 3. The molecular weight excluding hydrogens is 973 g/mol. The van der Waals surface area contributed by atoms with E-state index in [0.29, 0.717) is 19.3 Å². The lowest BCUT2D eigenvalue weighted by Crippen LogP contribution is -2.30. The third-order valence-electron chi connectivity index (χ3n) is 14.9. The highest BCUT2D eigenvalue weighted by atomic mass is 16.6. The van der Waals surface area contributed by atoms with Crippen molar-refractivity contribution in [3.8, 4) is 0 Å². The molecule has 0 aliphatic heterocycles. The molecule has 6 heteroatoms. The van der Waals surface area contributed by atoms with Crippen molar-refractivity contribution in [3.05, 3.63) is 85.1 Å². The van der Waals surface area contributed by atoms with Crippen molar-refractivity contribution in [2.45, 2.75) is 348 Å². The van der Waals surface area contributed by atoms with E-state index in [-0.39, 0.29) is 31.1 Å². The number of esters is 3. The summed E-state index contributed by atoms with van der Waals surface area (Å²) in [6.45, 7) is 6.52. The first kappa shape index (κ1) is 75.6. The topological polar surface area (TPSA) is 78.9 Å². The van der Waals surface area contributed by atoms with E-state index in [1.807, 2.05) is 0 Å². The normalized spacial score (nSPS) is 12.6. The van der Waals surface area contributed by atoms with E-state index in [0.717, 1.165) is 109 Å². The van der Waals surface area contributed by atoms with Gasteiger partial charge in [-0.1, -0.05) is 318 Å². The predicted molar refractivity (Wildman–Crippen MR) is 344 cm³/mol. The number of hydrogen-bond acceptors (Lipinski definition) is 6. The summed E-state index contributed by atoms with van der Waals surface area (Å²) in [5.74, 6) is -0.881. The molecule has 6 nitrogen and oxygen atoms in total. The van der Waals surface area contributed by atoms with Crippen LogP contribution in [0.5, 0.6) is 0 Å². The maximum atomic E-state index is 12.9. The van der Waals surface area contributed by atoms with Crippen molar-refractivity contribution in [3.63, 3.8) is 0 Å². The fourth-order valence-corrected chi connectivity index (χ4v) is 9.78. The van der Waals surface area contributed by atoms with Crippen LogP contribution in [0, 0.1) is 0 Å². The first-order chi connectivity index (χ1) is 39.0. The van der Waals surface area contributed by atoms with Crippen molar-refractivity contribution >= 4 is 17.9 Å². The third kappa shape index (κ3) is 65.3. The Bertz CT molecular complexity index is 1500.